The van der Waals surface area contributed by atoms with E-state index >= 15 is 0 Å². The van der Waals surface area contributed by atoms with Crippen LogP contribution in [-0.4, -0.2) is 39.8 Å². The second-order valence-electron chi connectivity index (χ2n) is 5.48. The average molecular weight is 397 g/mol. The molecule has 2 aromatic carbocycles. The molecule has 9 heteroatoms. The Morgan fingerprint density at radius 3 is 2.58 bits per heavy atom. The minimum absolute atomic E-state index is 0.0259. The van der Waals surface area contributed by atoms with Gasteiger partial charge >= 0.3 is 5.97 Å². The van der Waals surface area contributed by atoms with E-state index in [-0.39, 0.29) is 27.8 Å². The van der Waals surface area contributed by atoms with Crippen LogP contribution in [-0.2, 0) is 14.6 Å². The van der Waals surface area contributed by atoms with Gasteiger partial charge in [0, 0.05) is 11.8 Å². The number of rotatable bonds is 5. The third-order valence-electron chi connectivity index (χ3n) is 3.61. The first-order valence-electron chi connectivity index (χ1n) is 7.35. The molecule has 0 unspecified atom stereocenters. The predicted octanol–water partition coefficient (Wildman–Crippen LogP) is 2.51. The molecule has 7 nitrogen and oxygen atoms in total. The number of ketones is 1. The largest absolute Gasteiger partial charge is 0.454 e. The Hall–Kier alpha value is -2.58. The fourth-order valence-corrected chi connectivity index (χ4v) is 3.10. The predicted molar refractivity (Wildman–Crippen MR) is 91.7 cm³/mol. The zero-order valence-corrected chi connectivity index (χ0v) is 15.1. The first kappa shape index (κ1) is 18.2. The van der Waals surface area contributed by atoms with E-state index in [2.05, 4.69) is 0 Å². The molecular weight excluding hydrogens is 384 g/mol. The van der Waals surface area contributed by atoms with Crippen LogP contribution in [0.3, 0.4) is 0 Å². The molecule has 0 spiro atoms. The van der Waals surface area contributed by atoms with Crippen molar-refractivity contribution in [1.82, 2.24) is 0 Å². The zero-order valence-electron chi connectivity index (χ0n) is 13.5. The van der Waals surface area contributed by atoms with Crippen LogP contribution in [0.25, 0.3) is 0 Å². The highest BCUT2D eigenvalue weighted by molar-refractivity contribution is 7.90. The van der Waals surface area contributed by atoms with E-state index < -0.39 is 28.2 Å². The second-order valence-corrected chi connectivity index (χ2v) is 7.90. The Labute approximate surface area is 154 Å². The van der Waals surface area contributed by atoms with Gasteiger partial charge in [0.1, 0.15) is 0 Å². The summed E-state index contributed by atoms with van der Waals surface area (Å²) in [6.45, 7) is -0.449. The van der Waals surface area contributed by atoms with E-state index in [4.69, 9.17) is 25.8 Å². The normalized spacial score (nSPS) is 12.7. The van der Waals surface area contributed by atoms with Gasteiger partial charge in [0.25, 0.3) is 0 Å². The first-order chi connectivity index (χ1) is 12.3. The van der Waals surface area contributed by atoms with E-state index in [1.807, 2.05) is 0 Å². The van der Waals surface area contributed by atoms with Gasteiger partial charge in [-0.15, -0.1) is 0 Å². The molecule has 0 radical (unpaired) electrons. The van der Waals surface area contributed by atoms with Crippen LogP contribution in [0.2, 0.25) is 5.02 Å². The van der Waals surface area contributed by atoms with E-state index in [0.717, 1.165) is 12.3 Å². The lowest BCUT2D eigenvalue weighted by molar-refractivity contribution is 0.0474. The Balaban J connectivity index is 1.72. The Morgan fingerprint density at radius 2 is 1.85 bits per heavy atom. The highest BCUT2D eigenvalue weighted by Crippen LogP contribution is 2.32. The summed E-state index contributed by atoms with van der Waals surface area (Å²) in [6.07, 6.45) is 1.01. The highest BCUT2D eigenvalue weighted by atomic mass is 35.5. The van der Waals surface area contributed by atoms with Crippen molar-refractivity contribution in [3.63, 3.8) is 0 Å². The quantitative estimate of drug-likeness (QED) is 0.565. The molecule has 3 rings (SSSR count). The lowest BCUT2D eigenvalue weighted by Crippen LogP contribution is -2.15. The van der Waals surface area contributed by atoms with Crippen molar-refractivity contribution in [2.24, 2.45) is 0 Å². The number of hydrogen-bond acceptors (Lipinski definition) is 7. The van der Waals surface area contributed by atoms with Crippen LogP contribution in [0.5, 0.6) is 11.5 Å². The summed E-state index contributed by atoms with van der Waals surface area (Å²) in [7, 11) is -3.51. The fraction of sp³-hybridized carbons (Fsp3) is 0.176. The Bertz CT molecular complexity index is 998. The van der Waals surface area contributed by atoms with Gasteiger partial charge in [0.15, 0.2) is 33.7 Å². The lowest BCUT2D eigenvalue weighted by atomic mass is 10.1. The molecule has 136 valence electrons. The summed E-state index contributed by atoms with van der Waals surface area (Å²) in [5.74, 6) is -0.379. The molecule has 26 heavy (non-hydrogen) atoms. The van der Waals surface area contributed by atoms with E-state index in [1.54, 1.807) is 6.07 Å². The molecule has 1 aliphatic rings. The SMILES string of the molecule is CS(=O)(=O)c1ccc(Cl)c(C(=O)OCC(=O)c2ccc3c(c2)OCO3)c1. The number of sulfone groups is 1. The van der Waals surface area contributed by atoms with Crippen molar-refractivity contribution in [3.05, 3.63) is 52.5 Å². The molecule has 0 aromatic heterocycles. The molecule has 1 heterocycles. The molecule has 2 aromatic rings. The standard InChI is InChI=1S/C17H13ClO7S/c1-26(21,22)11-3-4-13(18)12(7-11)17(20)23-8-14(19)10-2-5-15-16(6-10)25-9-24-15/h2-7H,8-9H2,1H3. The number of esters is 1. The van der Waals surface area contributed by atoms with Gasteiger partial charge in [-0.1, -0.05) is 11.6 Å². The molecule has 0 fully saturated rings. The number of benzene rings is 2. The molecular formula is C17H13ClO7S. The minimum Gasteiger partial charge on any atom is -0.454 e. The fourth-order valence-electron chi connectivity index (χ4n) is 2.25. The van der Waals surface area contributed by atoms with Crippen molar-refractivity contribution < 1.29 is 32.2 Å². The maximum absolute atomic E-state index is 12.2. The molecule has 0 bridgehead atoms. The van der Waals surface area contributed by atoms with Crippen molar-refractivity contribution >= 4 is 33.2 Å². The molecule has 0 atom stereocenters. The maximum Gasteiger partial charge on any atom is 0.340 e. The number of Topliss-reactive ketones (excluding diaryl/α,β-unsaturated/α-hetero) is 1. The number of hydrogen-bond donors (Lipinski definition) is 0. The van der Waals surface area contributed by atoms with Gasteiger partial charge in [0.05, 0.1) is 15.5 Å². The van der Waals surface area contributed by atoms with Crippen molar-refractivity contribution in [2.45, 2.75) is 4.90 Å². The summed E-state index contributed by atoms with van der Waals surface area (Å²) in [5.41, 5.74) is 0.158. The van der Waals surface area contributed by atoms with Gasteiger partial charge in [-0.05, 0) is 36.4 Å². The third-order valence-corrected chi connectivity index (χ3v) is 5.05. The monoisotopic (exact) mass is 396 g/mol. The summed E-state index contributed by atoms with van der Waals surface area (Å²) in [4.78, 5) is 24.3. The molecule has 0 aliphatic carbocycles. The van der Waals surface area contributed by atoms with Crippen LogP contribution in [0.15, 0.2) is 41.3 Å². The topological polar surface area (TPSA) is 96.0 Å². The number of carbonyl (C=O) groups is 2. The molecule has 0 saturated carbocycles. The van der Waals surface area contributed by atoms with E-state index in [9.17, 15) is 18.0 Å². The molecule has 1 aliphatic heterocycles. The van der Waals surface area contributed by atoms with Crippen molar-refractivity contribution in [2.75, 3.05) is 19.7 Å². The number of carbonyl (C=O) groups excluding carboxylic acids is 2. The molecule has 0 saturated heterocycles. The minimum atomic E-state index is -3.51. The van der Waals surface area contributed by atoms with Crippen LogP contribution < -0.4 is 9.47 Å². The van der Waals surface area contributed by atoms with Crippen molar-refractivity contribution in [1.29, 1.82) is 0 Å². The highest BCUT2D eigenvalue weighted by Gasteiger charge is 2.20. The van der Waals surface area contributed by atoms with Crippen LogP contribution in [0.1, 0.15) is 20.7 Å². The summed E-state index contributed by atoms with van der Waals surface area (Å²) < 4.78 is 38.5. The first-order valence-corrected chi connectivity index (χ1v) is 9.62. The number of ether oxygens (including phenoxy) is 3. The van der Waals surface area contributed by atoms with E-state index in [0.29, 0.717) is 11.5 Å². The van der Waals surface area contributed by atoms with Crippen LogP contribution in [0, 0.1) is 0 Å². The number of halogens is 1. The zero-order chi connectivity index (χ0) is 18.9. The average Bonchev–Trinajstić information content (AvgIpc) is 3.06. The van der Waals surface area contributed by atoms with Crippen LogP contribution >= 0.6 is 11.6 Å². The summed E-state index contributed by atoms with van der Waals surface area (Å²) in [5, 5.41) is 0.0259. The van der Waals surface area contributed by atoms with Gasteiger partial charge in [-0.25, -0.2) is 13.2 Å². The van der Waals surface area contributed by atoms with Gasteiger partial charge < -0.3 is 14.2 Å². The maximum atomic E-state index is 12.2. The summed E-state index contributed by atoms with van der Waals surface area (Å²) in [6, 6.07) is 8.30. The summed E-state index contributed by atoms with van der Waals surface area (Å²) >= 11 is 5.93. The van der Waals surface area contributed by atoms with Crippen molar-refractivity contribution in [3.8, 4) is 11.5 Å². The van der Waals surface area contributed by atoms with Gasteiger partial charge in [0.2, 0.25) is 6.79 Å². The number of fused-ring (bicyclic) bond motifs is 1. The van der Waals surface area contributed by atoms with E-state index in [1.165, 1.54) is 24.3 Å². The molecule has 0 N–H and O–H groups in total. The lowest BCUT2D eigenvalue weighted by Gasteiger charge is -2.08. The Kier molecular flexibility index (Phi) is 4.88. The smallest absolute Gasteiger partial charge is 0.340 e. The van der Waals surface area contributed by atoms with Gasteiger partial charge in [-0.3, -0.25) is 4.79 Å². The molecule has 0 amide bonds. The van der Waals surface area contributed by atoms with Crippen LogP contribution in [0.4, 0.5) is 0 Å². The Morgan fingerprint density at radius 1 is 1.12 bits per heavy atom. The third kappa shape index (κ3) is 3.81. The van der Waals surface area contributed by atoms with Gasteiger partial charge in [-0.2, -0.15) is 0 Å². The second kappa shape index (κ2) is 6.97.